The Morgan fingerprint density at radius 2 is 2.08 bits per heavy atom. The Bertz CT molecular complexity index is 310. The normalized spacial score (nSPS) is 15.3. The predicted octanol–water partition coefficient (Wildman–Crippen LogP) is 0.141. The molecule has 13 heavy (non-hydrogen) atoms. The number of hydrogen-bond donors (Lipinski definition) is 4. The van der Waals surface area contributed by atoms with Crippen molar-refractivity contribution in [3.8, 4) is 5.75 Å². The Hall–Kier alpha value is -1.26. The maximum absolute atomic E-state index is 9.20. The molecule has 0 aliphatic carbocycles. The van der Waals surface area contributed by atoms with Gasteiger partial charge in [-0.1, -0.05) is 0 Å². The van der Waals surface area contributed by atoms with Crippen molar-refractivity contribution in [2.45, 2.75) is 12.5 Å². The van der Waals surface area contributed by atoms with Crippen molar-refractivity contribution in [3.63, 3.8) is 0 Å². The number of phenolic OH excluding ortho intramolecular Hbond substituents is 1. The van der Waals surface area contributed by atoms with Crippen molar-refractivity contribution in [1.29, 1.82) is 0 Å². The summed E-state index contributed by atoms with van der Waals surface area (Å²) in [4.78, 5) is 0. The molecule has 0 radical (unpaired) electrons. The molecule has 0 spiro atoms. The first-order chi connectivity index (χ1) is 5.97. The highest BCUT2D eigenvalue weighted by Gasteiger charge is 2.22. The van der Waals surface area contributed by atoms with Crippen LogP contribution in [0, 0.1) is 0 Å². The highest BCUT2D eigenvalue weighted by molar-refractivity contribution is 5.53. The van der Waals surface area contributed by atoms with E-state index in [-0.39, 0.29) is 12.4 Å². The van der Waals surface area contributed by atoms with Crippen LogP contribution in [-0.2, 0) is 5.54 Å². The van der Waals surface area contributed by atoms with Crippen LogP contribution >= 0.6 is 0 Å². The quantitative estimate of drug-likeness (QED) is 0.386. The molecular weight excluding hydrogens is 168 g/mol. The lowest BCUT2D eigenvalue weighted by molar-refractivity contribution is 0.210. The van der Waals surface area contributed by atoms with E-state index < -0.39 is 5.54 Å². The van der Waals surface area contributed by atoms with Gasteiger partial charge in [-0.2, -0.15) is 0 Å². The molecule has 0 saturated heterocycles. The number of aliphatic hydroxyl groups is 1. The zero-order valence-corrected chi connectivity index (χ0v) is 7.49. The second-order valence-corrected chi connectivity index (χ2v) is 3.35. The second kappa shape index (κ2) is 3.24. The zero-order valence-electron chi connectivity index (χ0n) is 7.49. The van der Waals surface area contributed by atoms with Gasteiger partial charge in [0.1, 0.15) is 5.75 Å². The fourth-order valence-corrected chi connectivity index (χ4v) is 1.12. The lowest BCUT2D eigenvalue weighted by Crippen LogP contribution is -2.37. The lowest BCUT2D eigenvalue weighted by Gasteiger charge is -2.23. The van der Waals surface area contributed by atoms with Crippen LogP contribution in [0.5, 0.6) is 5.75 Å². The minimum atomic E-state index is -0.914. The summed E-state index contributed by atoms with van der Waals surface area (Å²) in [5.41, 5.74) is 11.5. The molecule has 0 aromatic heterocycles. The summed E-state index contributed by atoms with van der Waals surface area (Å²) in [6.07, 6.45) is 0. The summed E-state index contributed by atoms with van der Waals surface area (Å²) in [6, 6.07) is 4.50. The number of anilines is 1. The summed E-state index contributed by atoms with van der Waals surface area (Å²) >= 11 is 0. The maximum atomic E-state index is 9.20. The molecule has 0 aliphatic heterocycles. The maximum Gasteiger partial charge on any atom is 0.116 e. The summed E-state index contributed by atoms with van der Waals surface area (Å²) in [5, 5.41) is 18.2. The number of hydrogen-bond acceptors (Lipinski definition) is 4. The largest absolute Gasteiger partial charge is 0.508 e. The molecule has 1 aromatic rings. The molecule has 1 atom stereocenters. The van der Waals surface area contributed by atoms with E-state index in [0.29, 0.717) is 11.3 Å². The average molecular weight is 182 g/mol. The highest BCUT2D eigenvalue weighted by Crippen LogP contribution is 2.27. The van der Waals surface area contributed by atoms with Gasteiger partial charge in [0.2, 0.25) is 0 Å². The smallest absolute Gasteiger partial charge is 0.116 e. The minimum absolute atomic E-state index is 0.0920. The van der Waals surface area contributed by atoms with E-state index in [1.807, 2.05) is 0 Å². The van der Waals surface area contributed by atoms with Crippen LogP contribution in [0.2, 0.25) is 0 Å². The summed E-state index contributed by atoms with van der Waals surface area (Å²) in [7, 11) is 0. The minimum Gasteiger partial charge on any atom is -0.508 e. The molecule has 1 aromatic carbocycles. The molecule has 4 heteroatoms. The molecule has 0 saturated carbocycles. The Morgan fingerprint density at radius 1 is 1.46 bits per heavy atom. The summed E-state index contributed by atoms with van der Waals surface area (Å²) < 4.78 is 0. The SMILES string of the molecule is C[C@@](N)(CO)c1cc(O)ccc1N. The van der Waals surface area contributed by atoms with Gasteiger partial charge >= 0.3 is 0 Å². The molecular formula is C9H14N2O2. The van der Waals surface area contributed by atoms with E-state index >= 15 is 0 Å². The number of aliphatic hydroxyl groups excluding tert-OH is 1. The van der Waals surface area contributed by atoms with Gasteiger partial charge in [-0.25, -0.2) is 0 Å². The van der Waals surface area contributed by atoms with Crippen molar-refractivity contribution in [1.82, 2.24) is 0 Å². The molecule has 0 fully saturated rings. The van der Waals surface area contributed by atoms with Crippen LogP contribution < -0.4 is 11.5 Å². The summed E-state index contributed by atoms with van der Waals surface area (Å²) in [6.45, 7) is 1.43. The number of aromatic hydroxyl groups is 1. The molecule has 72 valence electrons. The van der Waals surface area contributed by atoms with Crippen molar-refractivity contribution < 1.29 is 10.2 Å². The van der Waals surface area contributed by atoms with Gasteiger partial charge in [0.15, 0.2) is 0 Å². The van der Waals surface area contributed by atoms with E-state index in [0.717, 1.165) is 0 Å². The Labute approximate surface area is 76.8 Å². The fourth-order valence-electron chi connectivity index (χ4n) is 1.12. The molecule has 0 unspecified atom stereocenters. The van der Waals surface area contributed by atoms with Gasteiger partial charge in [-0.15, -0.1) is 0 Å². The van der Waals surface area contributed by atoms with E-state index in [4.69, 9.17) is 16.6 Å². The second-order valence-electron chi connectivity index (χ2n) is 3.35. The van der Waals surface area contributed by atoms with Crippen LogP contribution in [0.25, 0.3) is 0 Å². The van der Waals surface area contributed by atoms with Gasteiger partial charge in [0.05, 0.1) is 12.1 Å². The number of nitrogens with two attached hydrogens (primary N) is 2. The number of nitrogen functional groups attached to an aromatic ring is 1. The van der Waals surface area contributed by atoms with E-state index in [9.17, 15) is 5.11 Å². The highest BCUT2D eigenvalue weighted by atomic mass is 16.3. The summed E-state index contributed by atoms with van der Waals surface area (Å²) in [5.74, 6) is 0.0920. The van der Waals surface area contributed by atoms with Crippen LogP contribution in [-0.4, -0.2) is 16.8 Å². The third-order valence-electron chi connectivity index (χ3n) is 1.98. The van der Waals surface area contributed by atoms with Gasteiger partial charge in [0, 0.05) is 11.3 Å². The van der Waals surface area contributed by atoms with E-state index in [1.165, 1.54) is 12.1 Å². The molecule has 0 aliphatic rings. The first-order valence-electron chi connectivity index (χ1n) is 3.96. The average Bonchev–Trinajstić information content (AvgIpc) is 2.09. The van der Waals surface area contributed by atoms with Gasteiger partial charge in [-0.3, -0.25) is 0 Å². The van der Waals surface area contributed by atoms with Crippen LogP contribution in [0.1, 0.15) is 12.5 Å². The first kappa shape index (κ1) is 9.83. The van der Waals surface area contributed by atoms with Gasteiger partial charge in [0.25, 0.3) is 0 Å². The molecule has 0 heterocycles. The lowest BCUT2D eigenvalue weighted by atomic mass is 9.92. The van der Waals surface area contributed by atoms with Crippen LogP contribution in [0.3, 0.4) is 0 Å². The van der Waals surface area contributed by atoms with Crippen molar-refractivity contribution >= 4 is 5.69 Å². The third kappa shape index (κ3) is 1.91. The van der Waals surface area contributed by atoms with Crippen molar-refractivity contribution in [3.05, 3.63) is 23.8 Å². The Morgan fingerprint density at radius 3 is 2.62 bits per heavy atom. The number of rotatable bonds is 2. The van der Waals surface area contributed by atoms with Gasteiger partial charge < -0.3 is 21.7 Å². The first-order valence-corrected chi connectivity index (χ1v) is 3.96. The molecule has 4 nitrogen and oxygen atoms in total. The zero-order chi connectivity index (χ0) is 10.1. The fraction of sp³-hybridized carbons (Fsp3) is 0.333. The number of benzene rings is 1. The topological polar surface area (TPSA) is 92.5 Å². The van der Waals surface area contributed by atoms with E-state index in [1.54, 1.807) is 13.0 Å². The van der Waals surface area contributed by atoms with E-state index in [2.05, 4.69) is 0 Å². The Kier molecular flexibility index (Phi) is 2.45. The standard InChI is InChI=1S/C9H14N2O2/c1-9(11,5-12)7-4-6(13)2-3-8(7)10/h2-4,12-13H,5,10-11H2,1H3/t9-/m1/s1. The third-order valence-corrected chi connectivity index (χ3v) is 1.98. The molecule has 0 bridgehead atoms. The van der Waals surface area contributed by atoms with Crippen molar-refractivity contribution in [2.75, 3.05) is 12.3 Å². The van der Waals surface area contributed by atoms with Crippen LogP contribution in [0.4, 0.5) is 5.69 Å². The molecule has 6 N–H and O–H groups in total. The molecule has 1 rings (SSSR count). The van der Waals surface area contributed by atoms with Crippen molar-refractivity contribution in [2.24, 2.45) is 5.73 Å². The predicted molar refractivity (Wildman–Crippen MR) is 51.1 cm³/mol. The van der Waals surface area contributed by atoms with Gasteiger partial charge in [-0.05, 0) is 25.1 Å². The Balaban J connectivity index is 3.20. The van der Waals surface area contributed by atoms with Crippen LogP contribution in [0.15, 0.2) is 18.2 Å². The molecule has 0 amide bonds. The monoisotopic (exact) mass is 182 g/mol. The number of phenols is 1.